The molecule has 0 bridgehead atoms. The Bertz CT molecular complexity index is 293. The molecule has 0 radical (unpaired) electrons. The standard InChI is InChI=1S/C13H21NO2/c1-13(2,3)16-12(15)10-14-9-11-7-5-4-6-8-11/h4-8,12,14-15H,9-10H2,1-3H3. The summed E-state index contributed by atoms with van der Waals surface area (Å²) >= 11 is 0. The molecule has 90 valence electrons. The number of hydrogen-bond donors (Lipinski definition) is 2. The zero-order valence-electron chi connectivity index (χ0n) is 10.2. The van der Waals surface area contributed by atoms with Gasteiger partial charge < -0.3 is 15.2 Å². The van der Waals surface area contributed by atoms with Crippen molar-refractivity contribution in [2.75, 3.05) is 6.54 Å². The predicted molar refractivity (Wildman–Crippen MR) is 65.0 cm³/mol. The topological polar surface area (TPSA) is 41.5 Å². The van der Waals surface area contributed by atoms with Gasteiger partial charge in [0, 0.05) is 13.1 Å². The molecule has 3 heteroatoms. The van der Waals surface area contributed by atoms with Gasteiger partial charge in [0.2, 0.25) is 0 Å². The third-order valence-corrected chi connectivity index (χ3v) is 1.98. The van der Waals surface area contributed by atoms with Gasteiger partial charge in [-0.1, -0.05) is 30.3 Å². The molecule has 1 rings (SSSR count). The molecule has 0 saturated heterocycles. The number of nitrogens with one attached hydrogen (secondary N) is 1. The Labute approximate surface area is 97.4 Å². The Kier molecular flexibility index (Phi) is 4.93. The highest BCUT2D eigenvalue weighted by molar-refractivity contribution is 5.14. The Morgan fingerprint density at radius 1 is 1.25 bits per heavy atom. The van der Waals surface area contributed by atoms with Crippen LogP contribution < -0.4 is 5.32 Å². The van der Waals surface area contributed by atoms with E-state index in [2.05, 4.69) is 5.32 Å². The van der Waals surface area contributed by atoms with Gasteiger partial charge in [0.25, 0.3) is 0 Å². The smallest absolute Gasteiger partial charge is 0.167 e. The van der Waals surface area contributed by atoms with Crippen LogP contribution in [-0.2, 0) is 11.3 Å². The molecule has 16 heavy (non-hydrogen) atoms. The molecule has 0 amide bonds. The van der Waals surface area contributed by atoms with Crippen molar-refractivity contribution < 1.29 is 9.84 Å². The summed E-state index contributed by atoms with van der Waals surface area (Å²) in [7, 11) is 0. The van der Waals surface area contributed by atoms with E-state index in [0.717, 1.165) is 6.54 Å². The number of benzene rings is 1. The molecule has 0 aromatic heterocycles. The van der Waals surface area contributed by atoms with Crippen molar-refractivity contribution in [3.05, 3.63) is 35.9 Å². The van der Waals surface area contributed by atoms with E-state index in [1.54, 1.807) is 0 Å². The number of rotatable bonds is 5. The number of ether oxygens (including phenoxy) is 1. The maximum atomic E-state index is 9.58. The largest absolute Gasteiger partial charge is 0.367 e. The minimum atomic E-state index is -0.760. The molecule has 0 aliphatic carbocycles. The fourth-order valence-corrected chi connectivity index (χ4v) is 1.39. The fraction of sp³-hybridized carbons (Fsp3) is 0.538. The first-order valence-electron chi connectivity index (χ1n) is 5.58. The Morgan fingerprint density at radius 2 is 1.88 bits per heavy atom. The first-order chi connectivity index (χ1) is 7.47. The second-order valence-electron chi connectivity index (χ2n) is 4.80. The van der Waals surface area contributed by atoms with Crippen LogP contribution >= 0.6 is 0 Å². The summed E-state index contributed by atoms with van der Waals surface area (Å²) in [5.74, 6) is 0. The molecule has 1 unspecified atom stereocenters. The van der Waals surface area contributed by atoms with Gasteiger partial charge in [-0.25, -0.2) is 0 Å². The maximum Gasteiger partial charge on any atom is 0.167 e. The van der Waals surface area contributed by atoms with Gasteiger partial charge in [0.1, 0.15) is 0 Å². The lowest BCUT2D eigenvalue weighted by molar-refractivity contribution is -0.162. The van der Waals surface area contributed by atoms with E-state index >= 15 is 0 Å². The summed E-state index contributed by atoms with van der Waals surface area (Å²) < 4.78 is 5.37. The molecule has 0 spiro atoms. The second kappa shape index (κ2) is 5.99. The van der Waals surface area contributed by atoms with Crippen molar-refractivity contribution in [3.8, 4) is 0 Å². The monoisotopic (exact) mass is 223 g/mol. The zero-order valence-corrected chi connectivity index (χ0v) is 10.2. The van der Waals surface area contributed by atoms with E-state index in [9.17, 15) is 5.11 Å². The summed E-state index contributed by atoms with van der Waals surface area (Å²) in [6.07, 6.45) is -0.760. The first kappa shape index (κ1) is 13.2. The Balaban J connectivity index is 2.21. The van der Waals surface area contributed by atoms with Gasteiger partial charge in [-0.05, 0) is 26.3 Å². The van der Waals surface area contributed by atoms with Crippen LogP contribution in [-0.4, -0.2) is 23.5 Å². The summed E-state index contributed by atoms with van der Waals surface area (Å²) in [6, 6.07) is 10.1. The minimum absolute atomic E-state index is 0.312. The molecule has 0 heterocycles. The van der Waals surface area contributed by atoms with Gasteiger partial charge in [-0.3, -0.25) is 0 Å². The third kappa shape index (κ3) is 5.85. The van der Waals surface area contributed by atoms with Crippen LogP contribution in [0.15, 0.2) is 30.3 Å². The molecule has 0 aliphatic heterocycles. The SMILES string of the molecule is CC(C)(C)OC(O)CNCc1ccccc1. The molecule has 0 aliphatic rings. The van der Waals surface area contributed by atoms with E-state index < -0.39 is 6.29 Å². The lowest BCUT2D eigenvalue weighted by Crippen LogP contribution is -2.35. The zero-order chi connectivity index (χ0) is 12.0. The van der Waals surface area contributed by atoms with Gasteiger partial charge in [0.15, 0.2) is 6.29 Å². The van der Waals surface area contributed by atoms with E-state index in [-0.39, 0.29) is 5.60 Å². The number of aliphatic hydroxyl groups is 1. The fourth-order valence-electron chi connectivity index (χ4n) is 1.39. The average molecular weight is 223 g/mol. The normalized spacial score (nSPS) is 13.8. The molecular weight excluding hydrogens is 202 g/mol. The van der Waals surface area contributed by atoms with Crippen LogP contribution in [0, 0.1) is 0 Å². The quantitative estimate of drug-likeness (QED) is 0.749. The lowest BCUT2D eigenvalue weighted by atomic mass is 10.2. The highest BCUT2D eigenvalue weighted by Gasteiger charge is 2.15. The highest BCUT2D eigenvalue weighted by Crippen LogP contribution is 2.08. The van der Waals surface area contributed by atoms with Gasteiger partial charge in [-0.15, -0.1) is 0 Å². The minimum Gasteiger partial charge on any atom is -0.367 e. The van der Waals surface area contributed by atoms with Crippen LogP contribution in [0.25, 0.3) is 0 Å². The summed E-state index contributed by atoms with van der Waals surface area (Å²) in [5.41, 5.74) is 0.888. The van der Waals surface area contributed by atoms with Crippen LogP contribution in [0.5, 0.6) is 0 Å². The molecule has 0 fully saturated rings. The molecule has 2 N–H and O–H groups in total. The molecule has 3 nitrogen and oxygen atoms in total. The van der Waals surface area contributed by atoms with E-state index in [1.165, 1.54) is 5.56 Å². The number of aliphatic hydroxyl groups excluding tert-OH is 1. The van der Waals surface area contributed by atoms with Gasteiger partial charge >= 0.3 is 0 Å². The van der Waals surface area contributed by atoms with Crippen molar-refractivity contribution >= 4 is 0 Å². The second-order valence-corrected chi connectivity index (χ2v) is 4.80. The molecule has 1 aromatic carbocycles. The van der Waals surface area contributed by atoms with E-state index in [4.69, 9.17) is 4.74 Å². The van der Waals surface area contributed by atoms with Crippen molar-refractivity contribution in [2.24, 2.45) is 0 Å². The van der Waals surface area contributed by atoms with Gasteiger partial charge in [0.05, 0.1) is 5.60 Å². The van der Waals surface area contributed by atoms with Crippen molar-refractivity contribution in [3.63, 3.8) is 0 Å². The maximum absolute atomic E-state index is 9.58. The van der Waals surface area contributed by atoms with E-state index in [0.29, 0.717) is 6.54 Å². The Morgan fingerprint density at radius 3 is 2.44 bits per heavy atom. The van der Waals surface area contributed by atoms with E-state index in [1.807, 2.05) is 51.1 Å². The Hall–Kier alpha value is -0.900. The summed E-state index contributed by atoms with van der Waals surface area (Å²) in [5, 5.41) is 12.7. The van der Waals surface area contributed by atoms with Crippen molar-refractivity contribution in [1.82, 2.24) is 5.32 Å². The van der Waals surface area contributed by atoms with Gasteiger partial charge in [-0.2, -0.15) is 0 Å². The van der Waals surface area contributed by atoms with Crippen molar-refractivity contribution in [1.29, 1.82) is 0 Å². The molecule has 1 atom stereocenters. The lowest BCUT2D eigenvalue weighted by Gasteiger charge is -2.24. The van der Waals surface area contributed by atoms with Crippen molar-refractivity contribution in [2.45, 2.75) is 39.2 Å². The molecular formula is C13H21NO2. The van der Waals surface area contributed by atoms with Crippen LogP contribution in [0.4, 0.5) is 0 Å². The molecule has 0 saturated carbocycles. The molecule has 1 aromatic rings. The van der Waals surface area contributed by atoms with Crippen LogP contribution in [0.2, 0.25) is 0 Å². The van der Waals surface area contributed by atoms with Crippen LogP contribution in [0.1, 0.15) is 26.3 Å². The highest BCUT2D eigenvalue weighted by atomic mass is 16.6. The summed E-state index contributed by atoms with van der Waals surface area (Å²) in [6.45, 7) is 6.95. The number of hydrogen-bond acceptors (Lipinski definition) is 3. The van der Waals surface area contributed by atoms with Crippen LogP contribution in [0.3, 0.4) is 0 Å². The average Bonchev–Trinajstić information content (AvgIpc) is 2.16. The third-order valence-electron chi connectivity index (χ3n) is 1.98. The predicted octanol–water partition coefficient (Wildman–Crippen LogP) is 1.91. The first-order valence-corrected chi connectivity index (χ1v) is 5.58. The summed E-state index contributed by atoms with van der Waals surface area (Å²) in [4.78, 5) is 0.